The molecule has 1 aliphatic rings. The van der Waals surface area contributed by atoms with E-state index in [4.69, 9.17) is 18.5 Å². The third-order valence-electron chi connectivity index (χ3n) is 6.28. The molecule has 0 saturated carbocycles. The SMILES string of the molecule is CC(C)OP(=O)(OC(C)C)C1C[C@H](O)[C@@H](COC(c2ccccc2)(c2ccccc2)c2ccccc2)O1. The molecule has 1 unspecified atom stereocenters. The number of hydrogen-bond acceptors (Lipinski definition) is 6. The van der Waals surface area contributed by atoms with Crippen molar-refractivity contribution in [3.8, 4) is 0 Å². The van der Waals surface area contributed by atoms with E-state index in [9.17, 15) is 9.67 Å². The molecule has 1 N–H and O–H groups in total. The summed E-state index contributed by atoms with van der Waals surface area (Å²) in [5.74, 6) is -0.875. The summed E-state index contributed by atoms with van der Waals surface area (Å²) in [5.41, 5.74) is 1.91. The van der Waals surface area contributed by atoms with E-state index in [0.717, 1.165) is 16.7 Å². The van der Waals surface area contributed by atoms with Crippen LogP contribution in [-0.2, 0) is 28.7 Å². The molecule has 3 aromatic carbocycles. The number of hydrogen-bond donors (Lipinski definition) is 1. The number of benzene rings is 3. The quantitative estimate of drug-likeness (QED) is 0.228. The molecule has 1 aliphatic heterocycles. The molecule has 198 valence electrons. The van der Waals surface area contributed by atoms with E-state index < -0.39 is 31.2 Å². The van der Waals surface area contributed by atoms with Crippen LogP contribution >= 0.6 is 7.60 Å². The van der Waals surface area contributed by atoms with Crippen LogP contribution in [0.15, 0.2) is 91.0 Å². The van der Waals surface area contributed by atoms with E-state index >= 15 is 0 Å². The molecule has 7 heteroatoms. The van der Waals surface area contributed by atoms with Gasteiger partial charge in [0.25, 0.3) is 0 Å². The first-order valence-electron chi connectivity index (χ1n) is 12.8. The molecule has 6 nitrogen and oxygen atoms in total. The van der Waals surface area contributed by atoms with Gasteiger partial charge in [0.2, 0.25) is 0 Å². The van der Waals surface area contributed by atoms with Crippen molar-refractivity contribution in [2.75, 3.05) is 6.61 Å². The summed E-state index contributed by atoms with van der Waals surface area (Å²) in [7, 11) is -3.63. The van der Waals surface area contributed by atoms with Crippen LogP contribution < -0.4 is 0 Å². The molecule has 1 fully saturated rings. The van der Waals surface area contributed by atoms with Crippen LogP contribution in [0.3, 0.4) is 0 Å². The minimum atomic E-state index is -3.63. The fourth-order valence-corrected chi connectivity index (χ4v) is 7.06. The predicted molar refractivity (Wildman–Crippen MR) is 144 cm³/mol. The van der Waals surface area contributed by atoms with Crippen molar-refractivity contribution >= 4 is 7.60 Å². The van der Waals surface area contributed by atoms with E-state index in [1.165, 1.54) is 0 Å². The van der Waals surface area contributed by atoms with Crippen LogP contribution in [0, 0.1) is 0 Å². The Hall–Kier alpha value is -2.31. The summed E-state index contributed by atoms with van der Waals surface area (Å²) >= 11 is 0. The smallest absolute Gasteiger partial charge is 0.359 e. The molecule has 0 amide bonds. The van der Waals surface area contributed by atoms with Crippen LogP contribution in [0.5, 0.6) is 0 Å². The molecular weight excluding hydrogens is 487 g/mol. The molecule has 4 rings (SSSR count). The molecule has 0 radical (unpaired) electrons. The summed E-state index contributed by atoms with van der Waals surface area (Å²) in [4.78, 5) is 0. The van der Waals surface area contributed by atoms with Crippen LogP contribution in [-0.4, -0.2) is 42.0 Å². The highest BCUT2D eigenvalue weighted by Gasteiger charge is 2.49. The predicted octanol–water partition coefficient (Wildman–Crippen LogP) is 6.51. The number of aliphatic hydroxyl groups is 1. The first-order chi connectivity index (χ1) is 17.7. The van der Waals surface area contributed by atoms with Gasteiger partial charge in [-0.2, -0.15) is 0 Å². The molecule has 0 bridgehead atoms. The second kappa shape index (κ2) is 12.0. The molecule has 1 heterocycles. The standard InChI is InChI=1S/C30H37O6P/c1-22(2)35-37(32,36-23(3)4)29-20-27(31)28(34-29)21-33-30(24-14-8-5-9-15-24,25-16-10-6-11-17-25)26-18-12-7-13-19-26/h5-19,22-23,27-29,31H,20-21H2,1-4H3/t27-,28+,29?/m0/s1. The Kier molecular flexibility index (Phi) is 9.02. The minimum absolute atomic E-state index is 0.0692. The number of ether oxygens (including phenoxy) is 2. The second-order valence-electron chi connectivity index (χ2n) is 9.87. The monoisotopic (exact) mass is 524 g/mol. The normalized spacial score (nSPS) is 20.6. The molecule has 37 heavy (non-hydrogen) atoms. The lowest BCUT2D eigenvalue weighted by Crippen LogP contribution is -2.38. The fraction of sp³-hybridized carbons (Fsp3) is 0.400. The van der Waals surface area contributed by atoms with Crippen molar-refractivity contribution < 1.29 is 28.2 Å². The van der Waals surface area contributed by atoms with Gasteiger partial charge in [0.1, 0.15) is 11.7 Å². The van der Waals surface area contributed by atoms with Crippen molar-refractivity contribution in [2.24, 2.45) is 0 Å². The molecule has 3 atom stereocenters. The zero-order valence-electron chi connectivity index (χ0n) is 21.9. The maximum Gasteiger partial charge on any atom is 0.359 e. The average Bonchev–Trinajstić information content (AvgIpc) is 3.27. The van der Waals surface area contributed by atoms with Gasteiger partial charge in [-0.25, -0.2) is 0 Å². The van der Waals surface area contributed by atoms with Gasteiger partial charge in [0.05, 0.1) is 24.9 Å². The Morgan fingerprint density at radius 2 is 1.22 bits per heavy atom. The molecule has 3 aromatic rings. The maximum atomic E-state index is 13.7. The van der Waals surface area contributed by atoms with Crippen LogP contribution in [0.4, 0.5) is 0 Å². The van der Waals surface area contributed by atoms with Crippen molar-refractivity contribution in [3.05, 3.63) is 108 Å². The highest BCUT2D eigenvalue weighted by atomic mass is 31.2. The fourth-order valence-electron chi connectivity index (χ4n) is 4.78. The molecule has 0 aliphatic carbocycles. The Morgan fingerprint density at radius 3 is 1.59 bits per heavy atom. The van der Waals surface area contributed by atoms with Gasteiger partial charge in [0, 0.05) is 6.42 Å². The van der Waals surface area contributed by atoms with Crippen molar-refractivity contribution in [1.29, 1.82) is 0 Å². The third-order valence-corrected chi connectivity index (χ3v) is 8.75. The second-order valence-corrected chi connectivity index (χ2v) is 11.9. The summed E-state index contributed by atoms with van der Waals surface area (Å²) in [6.45, 7) is 7.28. The van der Waals surface area contributed by atoms with E-state index in [-0.39, 0.29) is 25.2 Å². The first kappa shape index (κ1) is 27.7. The number of aliphatic hydroxyl groups excluding tert-OH is 1. The largest absolute Gasteiger partial charge is 0.390 e. The molecule has 0 spiro atoms. The minimum Gasteiger partial charge on any atom is -0.390 e. The zero-order chi connectivity index (χ0) is 26.5. The van der Waals surface area contributed by atoms with Gasteiger partial charge in [-0.05, 0) is 44.4 Å². The Balaban J connectivity index is 1.67. The van der Waals surface area contributed by atoms with Crippen LogP contribution in [0.1, 0.15) is 50.8 Å². The van der Waals surface area contributed by atoms with Gasteiger partial charge in [-0.3, -0.25) is 4.57 Å². The van der Waals surface area contributed by atoms with Gasteiger partial charge in [-0.1, -0.05) is 91.0 Å². The average molecular weight is 525 g/mol. The van der Waals surface area contributed by atoms with E-state index in [2.05, 4.69) is 0 Å². The third kappa shape index (κ3) is 6.23. The first-order valence-corrected chi connectivity index (χ1v) is 14.5. The lowest BCUT2D eigenvalue weighted by atomic mass is 9.80. The summed E-state index contributed by atoms with van der Waals surface area (Å²) < 4.78 is 38.1. The Morgan fingerprint density at radius 1 is 0.811 bits per heavy atom. The van der Waals surface area contributed by atoms with Gasteiger partial charge >= 0.3 is 7.60 Å². The van der Waals surface area contributed by atoms with E-state index in [0.29, 0.717) is 0 Å². The molecule has 0 aromatic heterocycles. The summed E-state index contributed by atoms with van der Waals surface area (Å²) in [6.07, 6.45) is -2.09. The lowest BCUT2D eigenvalue weighted by molar-refractivity contribution is -0.0769. The Labute approximate surface area is 220 Å². The maximum absolute atomic E-state index is 13.7. The molecular formula is C30H37O6P. The topological polar surface area (TPSA) is 74.2 Å². The van der Waals surface area contributed by atoms with Gasteiger partial charge in [-0.15, -0.1) is 0 Å². The highest BCUT2D eigenvalue weighted by molar-refractivity contribution is 7.54. The van der Waals surface area contributed by atoms with Gasteiger partial charge < -0.3 is 23.6 Å². The lowest BCUT2D eigenvalue weighted by Gasteiger charge is -2.37. The van der Waals surface area contributed by atoms with Gasteiger partial charge in [0.15, 0.2) is 5.85 Å². The van der Waals surface area contributed by atoms with Crippen LogP contribution in [0.2, 0.25) is 0 Å². The van der Waals surface area contributed by atoms with Crippen molar-refractivity contribution in [3.63, 3.8) is 0 Å². The van der Waals surface area contributed by atoms with Crippen LogP contribution in [0.25, 0.3) is 0 Å². The van der Waals surface area contributed by atoms with E-state index in [1.54, 1.807) is 27.7 Å². The zero-order valence-corrected chi connectivity index (χ0v) is 22.8. The van der Waals surface area contributed by atoms with E-state index in [1.807, 2.05) is 91.0 Å². The summed E-state index contributed by atoms with van der Waals surface area (Å²) in [5, 5.41) is 11.0. The Bertz CT molecular complexity index is 1040. The van der Waals surface area contributed by atoms with Crippen molar-refractivity contribution in [1.82, 2.24) is 0 Å². The molecule has 1 saturated heterocycles. The number of rotatable bonds is 11. The summed E-state index contributed by atoms with van der Waals surface area (Å²) in [6, 6.07) is 30.1. The van der Waals surface area contributed by atoms with Crippen molar-refractivity contribution in [2.45, 2.75) is 70.0 Å². The highest BCUT2D eigenvalue weighted by Crippen LogP contribution is 2.59.